The first kappa shape index (κ1) is 120. The van der Waals surface area contributed by atoms with Gasteiger partial charge >= 0.3 is 0 Å². The predicted octanol–water partition coefficient (Wildman–Crippen LogP) is 12.8. The molecular formula is C106H204N8O24. The quantitative estimate of drug-likeness (QED) is 0.0262. The third-order valence-corrected chi connectivity index (χ3v) is 30.6. The van der Waals surface area contributed by atoms with Gasteiger partial charge < -0.3 is 114 Å². The first-order chi connectivity index (χ1) is 68.3. The van der Waals surface area contributed by atoms with Crippen LogP contribution in [-0.2, 0) is 114 Å². The Hall–Kier alpha value is -1.28. The summed E-state index contributed by atoms with van der Waals surface area (Å²) in [5.41, 5.74) is 0. The summed E-state index contributed by atoms with van der Waals surface area (Å²) in [6.45, 7) is 21.7. The average Bonchev–Trinajstić information content (AvgIpc) is 1.59. The van der Waals surface area contributed by atoms with Gasteiger partial charge in [0.2, 0.25) is 0 Å². The predicted molar refractivity (Wildman–Crippen MR) is 537 cm³/mol. The van der Waals surface area contributed by atoms with Crippen LogP contribution in [-0.4, -0.2) is 366 Å². The zero-order valence-corrected chi connectivity index (χ0v) is 88.0. The SMILES string of the molecule is CCCCCCCCCCCCCCCCC1CC2C3NC(NC4NC(NC5NC(NC6NC(N3)C3CC(OCCOCCOCCOC)C(OCCOCCOCCOC)CC63)C3CC(OCCOCCOCCOC)C(OCCOCCOCCOC)CC53)C3CC(OCCOCCOCCOC)C(OCCOCCOCCOC)CC43)C2CC1CCCCCCCCCCCCCCCC. The number of hydrogen-bond donors (Lipinski definition) is 8. The molecule has 4 aliphatic carbocycles. The number of fused-ring (bicyclic) bond motifs is 20. The number of unbranched alkanes of at least 4 members (excludes halogenated alkanes) is 26. The highest BCUT2D eigenvalue weighted by molar-refractivity contribution is 5.12. The monoisotopic (exact) mass is 1970 g/mol. The molecule has 0 spiro atoms. The molecule has 0 radical (unpaired) electrons. The lowest BCUT2D eigenvalue weighted by atomic mass is 9.65. The van der Waals surface area contributed by atoms with Crippen LogP contribution in [0.15, 0.2) is 0 Å². The van der Waals surface area contributed by atoms with E-state index in [1.165, 1.54) is 205 Å². The summed E-state index contributed by atoms with van der Waals surface area (Å²) in [5.74, 6) is 2.83. The molecule has 24 unspecified atom stereocenters. The zero-order valence-electron chi connectivity index (χ0n) is 88.0. The van der Waals surface area contributed by atoms with E-state index < -0.39 is 0 Å². The van der Waals surface area contributed by atoms with Gasteiger partial charge in [-0.15, -0.1) is 0 Å². The van der Waals surface area contributed by atoms with E-state index in [2.05, 4.69) is 56.4 Å². The van der Waals surface area contributed by atoms with Crippen molar-refractivity contribution >= 4 is 0 Å². The van der Waals surface area contributed by atoms with Gasteiger partial charge in [0.05, 0.1) is 324 Å². The average molecular weight is 1970 g/mol. The molecule has 24 atom stereocenters. The third-order valence-electron chi connectivity index (χ3n) is 30.6. The Morgan fingerprint density at radius 1 is 0.152 bits per heavy atom. The largest absolute Gasteiger partial charge is 0.382 e. The van der Waals surface area contributed by atoms with E-state index in [9.17, 15) is 0 Å². The second-order valence-corrected chi connectivity index (χ2v) is 40.4. The van der Waals surface area contributed by atoms with Crippen LogP contribution in [0.25, 0.3) is 0 Å². The Morgan fingerprint density at radius 3 is 0.435 bits per heavy atom. The van der Waals surface area contributed by atoms with Gasteiger partial charge in [-0.1, -0.05) is 206 Å². The minimum atomic E-state index is -0.246. The van der Waals surface area contributed by atoms with Gasteiger partial charge in [-0.25, -0.2) is 0 Å². The fourth-order valence-electron chi connectivity index (χ4n) is 23.3. The molecule has 8 N–H and O–H groups in total. The van der Waals surface area contributed by atoms with Crippen molar-refractivity contribution in [2.24, 2.45) is 59.2 Å². The minimum Gasteiger partial charge on any atom is -0.382 e. The maximum absolute atomic E-state index is 7.15. The Labute approximate surface area is 835 Å². The summed E-state index contributed by atoms with van der Waals surface area (Å²) in [6, 6.07) is 0. The minimum absolute atomic E-state index is 0.0100. The van der Waals surface area contributed by atoms with E-state index in [1.54, 1.807) is 42.7 Å². The molecule has 9 rings (SSSR count). The third kappa shape index (κ3) is 47.7. The Morgan fingerprint density at radius 2 is 0.283 bits per heavy atom. The smallest absolute Gasteiger partial charge is 0.0841 e. The Kier molecular flexibility index (Phi) is 68.7. The number of rotatable bonds is 90. The van der Waals surface area contributed by atoms with Crippen LogP contribution >= 0.6 is 0 Å². The highest BCUT2D eigenvalue weighted by Crippen LogP contribution is 2.51. The molecule has 32 nitrogen and oxygen atoms in total. The van der Waals surface area contributed by atoms with Gasteiger partial charge in [-0.3, -0.25) is 42.5 Å². The first-order valence-electron chi connectivity index (χ1n) is 56.0. The van der Waals surface area contributed by atoms with E-state index in [0.717, 1.165) is 38.5 Å². The molecule has 9 aliphatic rings. The van der Waals surface area contributed by atoms with Crippen molar-refractivity contribution < 1.29 is 114 Å². The van der Waals surface area contributed by atoms with E-state index in [0.29, 0.717) is 262 Å². The number of nitrogens with one attached hydrogen (secondary N) is 8. The standard InChI is InChI=1S/C106H204N8O24/c1-9-11-13-15-17-19-21-23-25-27-29-31-33-35-37-83-75-85-86(76-84(83)38-36-34-32-30-28-26-24-22-20-18-16-14-12-10-2)100-107-99(85)108-101-87-77-93(133-69-63-127-57-51-121-45-39-115-3)95(135-71-65-129-59-53-123-47-41-117-5)79-89(87)103(110-101)112-105-91-81-97(137-73-67-131-61-55-125-49-43-119-7)98(138-74-68-132-62-56-126-50-44-120-8)82-92(91)106(114-105)113-104-90-80-96(136-72-66-130-60-54-124-48-42-118-6)94(78-88(90)102(109-100)111-104)134-70-64-128-58-52-122-46-40-116-4/h83-114H,9-82H2,1-8H3. The van der Waals surface area contributed by atoms with Crippen LogP contribution in [0.3, 0.4) is 0 Å². The van der Waals surface area contributed by atoms with Crippen LogP contribution in [0.2, 0.25) is 0 Å². The molecule has 0 amide bonds. The number of ether oxygens (including phenoxy) is 24. The molecule has 5 saturated heterocycles. The Balaban J connectivity index is 1.05. The molecule has 32 heteroatoms. The lowest BCUT2D eigenvalue weighted by Gasteiger charge is -2.44. The van der Waals surface area contributed by atoms with Gasteiger partial charge in [0.25, 0.3) is 0 Å². The van der Waals surface area contributed by atoms with Crippen molar-refractivity contribution in [3.05, 3.63) is 0 Å². The van der Waals surface area contributed by atoms with Gasteiger partial charge in [0.15, 0.2) is 0 Å². The van der Waals surface area contributed by atoms with E-state index in [-0.39, 0.29) is 121 Å². The molecule has 0 aromatic rings. The molecular weight excluding hydrogens is 1770 g/mol. The van der Waals surface area contributed by atoms with Crippen molar-refractivity contribution in [3.8, 4) is 0 Å². The maximum Gasteiger partial charge on any atom is 0.0841 e. The zero-order chi connectivity index (χ0) is 96.8. The summed E-state index contributed by atoms with van der Waals surface area (Å²) >= 11 is 0. The lowest BCUT2D eigenvalue weighted by molar-refractivity contribution is -0.134. The highest BCUT2D eigenvalue weighted by Gasteiger charge is 2.60. The lowest BCUT2D eigenvalue weighted by Crippen LogP contribution is -2.61. The van der Waals surface area contributed by atoms with Crippen molar-refractivity contribution in [2.45, 2.75) is 344 Å². The number of methoxy groups -OCH3 is 6. The molecule has 4 saturated carbocycles. The van der Waals surface area contributed by atoms with Crippen molar-refractivity contribution in [1.82, 2.24) is 42.5 Å². The Bertz CT molecular complexity index is 2410. The van der Waals surface area contributed by atoms with E-state index >= 15 is 0 Å². The molecule has 9 fully saturated rings. The van der Waals surface area contributed by atoms with Crippen molar-refractivity contribution in [3.63, 3.8) is 0 Å². The normalized spacial score (nSPS) is 29.6. The van der Waals surface area contributed by atoms with Gasteiger partial charge in [-0.05, 0) is 111 Å². The maximum atomic E-state index is 7.15. The summed E-state index contributed by atoms with van der Waals surface area (Å²) < 4.78 is 146. The first-order valence-corrected chi connectivity index (χ1v) is 56.0. The highest BCUT2D eigenvalue weighted by atomic mass is 16.6. The van der Waals surface area contributed by atoms with Crippen LogP contribution in [0.4, 0.5) is 0 Å². The fraction of sp³-hybridized carbons (Fsp3) is 1.00. The molecule has 5 aliphatic heterocycles. The van der Waals surface area contributed by atoms with Gasteiger partial charge in [0.1, 0.15) is 0 Å². The van der Waals surface area contributed by atoms with E-state index in [1.807, 2.05) is 0 Å². The molecule has 0 aromatic heterocycles. The topological polar surface area (TPSA) is 318 Å². The second kappa shape index (κ2) is 78.9. The van der Waals surface area contributed by atoms with Crippen molar-refractivity contribution in [2.75, 3.05) is 281 Å². The summed E-state index contributed by atoms with van der Waals surface area (Å²) in [5, 5.41) is 36.0. The molecule has 0 aromatic carbocycles. The van der Waals surface area contributed by atoms with Crippen LogP contribution in [0.5, 0.6) is 0 Å². The van der Waals surface area contributed by atoms with Crippen LogP contribution in [0.1, 0.15) is 258 Å². The summed E-state index contributed by atoms with van der Waals surface area (Å²) in [7, 11) is 10.2. The second-order valence-electron chi connectivity index (χ2n) is 40.4. The molecule has 812 valence electrons. The van der Waals surface area contributed by atoms with Crippen molar-refractivity contribution in [1.29, 1.82) is 0 Å². The fourth-order valence-corrected chi connectivity index (χ4v) is 23.3. The number of hydrogen-bond acceptors (Lipinski definition) is 32. The van der Waals surface area contributed by atoms with Gasteiger partial charge in [0, 0.05) is 42.7 Å². The molecule has 5 heterocycles. The van der Waals surface area contributed by atoms with Crippen LogP contribution in [0, 0.1) is 59.2 Å². The molecule has 8 bridgehead atoms. The molecule has 138 heavy (non-hydrogen) atoms. The summed E-state index contributed by atoms with van der Waals surface area (Å²) in [6.07, 6.45) is 45.8. The summed E-state index contributed by atoms with van der Waals surface area (Å²) in [4.78, 5) is 0. The van der Waals surface area contributed by atoms with Crippen LogP contribution < -0.4 is 42.5 Å². The van der Waals surface area contributed by atoms with E-state index in [4.69, 9.17) is 114 Å². The van der Waals surface area contributed by atoms with Gasteiger partial charge in [-0.2, -0.15) is 0 Å².